The maximum Gasteiger partial charge on any atom is 0.119 e. The van der Waals surface area contributed by atoms with Crippen LogP contribution in [0, 0.1) is 5.92 Å². The highest BCUT2D eigenvalue weighted by atomic mass is 16.5. The maximum absolute atomic E-state index is 10.9. The average molecular weight is 349 g/mol. The van der Waals surface area contributed by atoms with Crippen LogP contribution in [0.5, 0.6) is 5.75 Å². The van der Waals surface area contributed by atoms with Crippen LogP contribution in [0.15, 0.2) is 54.6 Å². The summed E-state index contributed by atoms with van der Waals surface area (Å²) in [5.74, 6) is 1.20. The zero-order valence-corrected chi connectivity index (χ0v) is 14.5. The van der Waals surface area contributed by atoms with Gasteiger partial charge in [0.05, 0.1) is 8.41 Å². The van der Waals surface area contributed by atoms with Crippen molar-refractivity contribution in [1.82, 2.24) is 4.90 Å². The van der Waals surface area contributed by atoms with Gasteiger partial charge in [-0.2, -0.15) is 0 Å². The maximum atomic E-state index is 10.9. The molecule has 1 atom stereocenters. The normalized spacial score (nSPS) is 27.3. The number of aliphatic hydroxyl groups is 1. The molecule has 136 valence electrons. The summed E-state index contributed by atoms with van der Waals surface area (Å²) in [6, 6.07) is 18.3. The standard InChI is InChI=1S/C22H25NO2.BH3/c24-22(16-23-14-12-20(22)13-15-23)17-25-21-10-8-19(9-11-21)7-6-18-4-2-1-3-5-18;/h1-11,20,24H,12-17H2;1H3. The third-order valence-electron chi connectivity index (χ3n) is 5.48. The summed E-state index contributed by atoms with van der Waals surface area (Å²) in [5.41, 5.74) is 1.63. The molecule has 3 heterocycles. The Morgan fingerprint density at radius 1 is 0.962 bits per heavy atom. The van der Waals surface area contributed by atoms with Crippen LogP contribution in [0.3, 0.4) is 0 Å². The van der Waals surface area contributed by atoms with Gasteiger partial charge >= 0.3 is 0 Å². The Kier molecular flexibility index (Phi) is 5.85. The van der Waals surface area contributed by atoms with Gasteiger partial charge in [-0.1, -0.05) is 54.6 Å². The lowest BCUT2D eigenvalue weighted by atomic mass is 9.76. The molecule has 0 aliphatic carbocycles. The number of fused-ring (bicyclic) bond motifs is 3. The molecule has 0 radical (unpaired) electrons. The number of nitrogens with zero attached hydrogens (tertiary/aromatic N) is 1. The second-order valence-corrected chi connectivity index (χ2v) is 7.26. The molecule has 26 heavy (non-hydrogen) atoms. The molecule has 0 aromatic heterocycles. The van der Waals surface area contributed by atoms with Crippen LogP contribution in [0.2, 0.25) is 0 Å². The molecule has 5 rings (SSSR count). The summed E-state index contributed by atoms with van der Waals surface area (Å²) < 4.78 is 5.92. The molecule has 0 amide bonds. The van der Waals surface area contributed by atoms with E-state index in [-0.39, 0.29) is 8.41 Å². The third kappa shape index (κ3) is 4.20. The molecule has 3 saturated heterocycles. The lowest BCUT2D eigenvalue weighted by Crippen LogP contribution is -2.61. The zero-order chi connectivity index (χ0) is 17.1. The predicted molar refractivity (Wildman–Crippen MR) is 111 cm³/mol. The van der Waals surface area contributed by atoms with E-state index in [4.69, 9.17) is 4.74 Å². The minimum absolute atomic E-state index is 0. The van der Waals surface area contributed by atoms with Crippen LogP contribution in [0.1, 0.15) is 24.0 Å². The first-order valence-corrected chi connectivity index (χ1v) is 9.12. The van der Waals surface area contributed by atoms with Crippen molar-refractivity contribution in [3.05, 3.63) is 65.7 Å². The zero-order valence-electron chi connectivity index (χ0n) is 14.5. The van der Waals surface area contributed by atoms with Crippen LogP contribution in [-0.4, -0.2) is 50.3 Å². The first-order valence-electron chi connectivity index (χ1n) is 9.12. The van der Waals surface area contributed by atoms with Crippen LogP contribution in [0.25, 0.3) is 12.2 Å². The Balaban J connectivity index is 0.00000196. The van der Waals surface area contributed by atoms with Crippen molar-refractivity contribution in [2.75, 3.05) is 26.2 Å². The monoisotopic (exact) mass is 349 g/mol. The van der Waals surface area contributed by atoms with Gasteiger partial charge in [-0.05, 0) is 55.1 Å². The van der Waals surface area contributed by atoms with E-state index in [1.807, 2.05) is 30.3 Å². The van der Waals surface area contributed by atoms with Crippen molar-refractivity contribution >= 4 is 20.6 Å². The van der Waals surface area contributed by atoms with Gasteiger partial charge in [-0.3, -0.25) is 0 Å². The van der Waals surface area contributed by atoms with Gasteiger partial charge in [-0.25, -0.2) is 0 Å². The minimum Gasteiger partial charge on any atom is -0.491 e. The topological polar surface area (TPSA) is 32.7 Å². The fraction of sp³-hybridized carbons (Fsp3) is 0.364. The molecule has 1 unspecified atom stereocenters. The number of hydrogen-bond acceptors (Lipinski definition) is 3. The highest BCUT2D eigenvalue weighted by Gasteiger charge is 2.45. The van der Waals surface area contributed by atoms with Gasteiger partial charge in [0.1, 0.15) is 18.0 Å². The van der Waals surface area contributed by atoms with Gasteiger partial charge in [0, 0.05) is 6.54 Å². The minimum atomic E-state index is -0.692. The molecule has 0 spiro atoms. The first kappa shape index (κ1) is 18.7. The summed E-state index contributed by atoms with van der Waals surface area (Å²) >= 11 is 0. The molecule has 2 aromatic carbocycles. The molecule has 0 saturated carbocycles. The van der Waals surface area contributed by atoms with Gasteiger partial charge in [0.25, 0.3) is 0 Å². The number of rotatable bonds is 5. The lowest BCUT2D eigenvalue weighted by molar-refractivity contribution is -0.131. The fourth-order valence-electron chi connectivity index (χ4n) is 3.95. The van der Waals surface area contributed by atoms with Gasteiger partial charge in [-0.15, -0.1) is 0 Å². The SMILES string of the molecule is B.OC1(COc2ccc(C=Cc3ccccc3)cc2)CN2CCC1CC2. The van der Waals surface area contributed by atoms with Crippen LogP contribution in [-0.2, 0) is 0 Å². The Morgan fingerprint density at radius 3 is 2.15 bits per heavy atom. The Bertz CT molecular complexity index is 724. The molecule has 4 heteroatoms. The molecule has 3 aliphatic heterocycles. The largest absolute Gasteiger partial charge is 0.491 e. The highest BCUT2D eigenvalue weighted by Crippen LogP contribution is 2.36. The highest BCUT2D eigenvalue weighted by molar-refractivity contribution is 5.75. The molecule has 3 aliphatic rings. The molecule has 2 aromatic rings. The summed E-state index contributed by atoms with van der Waals surface area (Å²) in [5, 5.41) is 10.9. The van der Waals surface area contributed by atoms with E-state index in [1.54, 1.807) is 0 Å². The summed E-state index contributed by atoms with van der Waals surface area (Å²) in [7, 11) is 0. The van der Waals surface area contributed by atoms with E-state index in [0.29, 0.717) is 12.5 Å². The number of piperidine rings is 3. The second-order valence-electron chi connectivity index (χ2n) is 7.26. The van der Waals surface area contributed by atoms with Crippen LogP contribution < -0.4 is 4.74 Å². The van der Waals surface area contributed by atoms with Gasteiger partial charge in [0.2, 0.25) is 0 Å². The van der Waals surface area contributed by atoms with Crippen LogP contribution in [0.4, 0.5) is 0 Å². The van der Waals surface area contributed by atoms with Crippen molar-refractivity contribution < 1.29 is 9.84 Å². The molecule has 2 bridgehead atoms. The molecular formula is C22H28BNO2. The van der Waals surface area contributed by atoms with Crippen molar-refractivity contribution in [1.29, 1.82) is 0 Å². The van der Waals surface area contributed by atoms with E-state index < -0.39 is 5.60 Å². The molecule has 3 nitrogen and oxygen atoms in total. The second kappa shape index (κ2) is 8.11. The van der Waals surface area contributed by atoms with Crippen molar-refractivity contribution in [2.24, 2.45) is 5.92 Å². The molecule has 3 fully saturated rings. The van der Waals surface area contributed by atoms with E-state index in [9.17, 15) is 5.11 Å². The van der Waals surface area contributed by atoms with E-state index >= 15 is 0 Å². The van der Waals surface area contributed by atoms with Gasteiger partial charge < -0.3 is 14.7 Å². The number of ether oxygens (including phenoxy) is 1. The van der Waals surface area contributed by atoms with E-state index in [1.165, 1.54) is 5.56 Å². The van der Waals surface area contributed by atoms with Crippen LogP contribution >= 0.6 is 0 Å². The number of hydrogen-bond donors (Lipinski definition) is 1. The number of benzene rings is 2. The van der Waals surface area contributed by atoms with Crippen molar-refractivity contribution in [2.45, 2.75) is 18.4 Å². The van der Waals surface area contributed by atoms with Crippen molar-refractivity contribution in [3.63, 3.8) is 0 Å². The Morgan fingerprint density at radius 2 is 1.58 bits per heavy atom. The summed E-state index contributed by atoms with van der Waals surface area (Å²) in [6.07, 6.45) is 6.37. The smallest absolute Gasteiger partial charge is 0.119 e. The summed E-state index contributed by atoms with van der Waals surface area (Å²) in [6.45, 7) is 3.37. The average Bonchev–Trinajstić information content (AvgIpc) is 2.67. The van der Waals surface area contributed by atoms with E-state index in [2.05, 4.69) is 41.3 Å². The van der Waals surface area contributed by atoms with E-state index in [0.717, 1.165) is 43.8 Å². The Labute approximate surface area is 157 Å². The van der Waals surface area contributed by atoms with Crippen molar-refractivity contribution in [3.8, 4) is 5.75 Å². The third-order valence-corrected chi connectivity index (χ3v) is 5.48. The first-order chi connectivity index (χ1) is 12.2. The molecular weight excluding hydrogens is 321 g/mol. The lowest BCUT2D eigenvalue weighted by Gasteiger charge is -2.49. The van der Waals surface area contributed by atoms with Gasteiger partial charge in [0.15, 0.2) is 0 Å². The predicted octanol–water partition coefficient (Wildman–Crippen LogP) is 2.51. The Hall–Kier alpha value is -2.04. The fourth-order valence-corrected chi connectivity index (χ4v) is 3.95. The summed E-state index contributed by atoms with van der Waals surface area (Å²) in [4.78, 5) is 2.35. The quantitative estimate of drug-likeness (QED) is 0.665. The molecule has 1 N–H and O–H groups in total.